The highest BCUT2D eigenvalue weighted by Crippen LogP contribution is 2.34. The smallest absolute Gasteiger partial charge is 0.288 e. The molecule has 262 valence electrons. The minimum absolute atomic E-state index is 0.000533. The number of rotatable bonds is 13. The van der Waals surface area contributed by atoms with E-state index < -0.39 is 16.3 Å². The molecule has 0 aromatic heterocycles. The Labute approximate surface area is 300 Å². The van der Waals surface area contributed by atoms with E-state index in [1.807, 2.05) is 48.5 Å². The van der Waals surface area contributed by atoms with E-state index in [1.165, 1.54) is 23.5 Å². The van der Waals surface area contributed by atoms with Crippen molar-refractivity contribution < 1.29 is 42.0 Å². The molecule has 1 amide bonds. The molecule has 1 fully saturated rings. The molecule has 0 aliphatic carbocycles. The van der Waals surface area contributed by atoms with Crippen molar-refractivity contribution in [1.82, 2.24) is 14.1 Å². The van der Waals surface area contributed by atoms with Crippen molar-refractivity contribution in [3.8, 4) is 17.2 Å². The Morgan fingerprint density at radius 1 is 0.980 bits per heavy atom. The van der Waals surface area contributed by atoms with Gasteiger partial charge in [-0.05, 0) is 88.3 Å². The van der Waals surface area contributed by atoms with Crippen LogP contribution in [0.3, 0.4) is 0 Å². The summed E-state index contributed by atoms with van der Waals surface area (Å²) in [6.07, 6.45) is 1.54. The molecule has 12 nitrogen and oxygen atoms in total. The van der Waals surface area contributed by atoms with Gasteiger partial charge in [-0.1, -0.05) is 18.2 Å². The van der Waals surface area contributed by atoms with Gasteiger partial charge in [0.25, 0.3) is 5.91 Å². The number of nitrogens with zero attached hydrogens (tertiary/aromatic N) is 3. The van der Waals surface area contributed by atoms with E-state index in [0.29, 0.717) is 38.3 Å². The lowest BCUT2D eigenvalue weighted by Crippen LogP contribution is -2.49. The number of carbonyl (C=O) groups is 1. The zero-order valence-electron chi connectivity index (χ0n) is 27.2. The number of amides is 1. The van der Waals surface area contributed by atoms with Gasteiger partial charge in [0, 0.05) is 61.7 Å². The van der Waals surface area contributed by atoms with Gasteiger partial charge in [-0.3, -0.25) is 9.69 Å². The largest absolute Gasteiger partial charge is 0.497 e. The van der Waals surface area contributed by atoms with Gasteiger partial charge >= 0.3 is 0 Å². The first-order chi connectivity index (χ1) is 23.7. The topological polar surface area (TPSA) is 127 Å². The first-order valence-corrected chi connectivity index (χ1v) is 18.7. The number of ether oxygens (including phenoxy) is 5. The second kappa shape index (κ2) is 16.1. The third kappa shape index (κ3) is 8.67. The number of hydrogen-bond donors (Lipinski definition) is 1. The molecule has 3 aliphatic rings. The molecule has 0 bridgehead atoms. The Bertz CT molecular complexity index is 1730. The minimum Gasteiger partial charge on any atom is -0.497 e. The van der Waals surface area contributed by atoms with Crippen LogP contribution in [0, 0.1) is 3.57 Å². The second-order valence-electron chi connectivity index (χ2n) is 11.9. The van der Waals surface area contributed by atoms with Crippen LogP contribution in [0.15, 0.2) is 83.5 Å². The summed E-state index contributed by atoms with van der Waals surface area (Å²) in [6, 6.07) is 20.2. The fraction of sp³-hybridized carbons (Fsp3) is 0.400. The van der Waals surface area contributed by atoms with Crippen LogP contribution < -0.4 is 14.2 Å². The van der Waals surface area contributed by atoms with Gasteiger partial charge in [0.1, 0.15) is 5.75 Å². The average molecular weight is 806 g/mol. The van der Waals surface area contributed by atoms with E-state index in [-0.39, 0.29) is 55.6 Å². The fourth-order valence-electron chi connectivity index (χ4n) is 6.06. The summed E-state index contributed by atoms with van der Waals surface area (Å²) in [5.74, 6) is 1.94. The lowest BCUT2D eigenvalue weighted by Gasteiger charge is -2.37. The Kier molecular flexibility index (Phi) is 11.6. The van der Waals surface area contributed by atoms with E-state index >= 15 is 0 Å². The van der Waals surface area contributed by atoms with E-state index in [1.54, 1.807) is 17.0 Å². The van der Waals surface area contributed by atoms with E-state index in [4.69, 9.17) is 23.7 Å². The second-order valence-corrected chi connectivity index (χ2v) is 15.1. The number of allylic oxidation sites excluding steroid dienone is 1. The minimum atomic E-state index is -3.91. The zero-order chi connectivity index (χ0) is 34.4. The predicted octanol–water partition coefficient (Wildman–Crippen LogP) is 3.79. The maximum absolute atomic E-state index is 13.8. The molecule has 6 rings (SSSR count). The van der Waals surface area contributed by atoms with Crippen LogP contribution in [-0.2, 0) is 30.8 Å². The van der Waals surface area contributed by atoms with E-state index in [0.717, 1.165) is 32.7 Å². The molecule has 1 N–H and O–H groups in total. The fourth-order valence-corrected chi connectivity index (χ4v) is 7.84. The number of halogens is 1. The molecule has 1 saturated heterocycles. The molecule has 2 atom stereocenters. The summed E-state index contributed by atoms with van der Waals surface area (Å²) in [6.45, 7) is 3.02. The normalized spacial score (nSPS) is 19.4. The van der Waals surface area contributed by atoms with Crippen LogP contribution in [0.4, 0.5) is 0 Å². The maximum atomic E-state index is 13.8. The van der Waals surface area contributed by atoms with Gasteiger partial charge in [0.15, 0.2) is 17.3 Å². The van der Waals surface area contributed by atoms with Crippen LogP contribution in [-0.4, -0.2) is 106 Å². The molecule has 0 spiro atoms. The van der Waals surface area contributed by atoms with Gasteiger partial charge in [-0.2, -0.15) is 4.31 Å². The van der Waals surface area contributed by atoms with Crippen molar-refractivity contribution in [1.29, 1.82) is 0 Å². The summed E-state index contributed by atoms with van der Waals surface area (Å²) in [4.78, 5) is 18.0. The first-order valence-electron chi connectivity index (χ1n) is 16.1. The number of piperazine rings is 1. The lowest BCUT2D eigenvalue weighted by molar-refractivity contribution is -0.154. The summed E-state index contributed by atoms with van der Waals surface area (Å²) < 4.78 is 57.4. The van der Waals surface area contributed by atoms with Crippen molar-refractivity contribution in [2.45, 2.75) is 30.1 Å². The number of aliphatic hydroxyl groups excluding tert-OH is 1. The maximum Gasteiger partial charge on any atom is 0.288 e. The van der Waals surface area contributed by atoms with Crippen LogP contribution >= 0.6 is 22.6 Å². The number of methoxy groups -OCH3 is 1. The number of aliphatic hydroxyl groups is 1. The van der Waals surface area contributed by atoms with Crippen molar-refractivity contribution in [3.05, 3.63) is 93.3 Å². The molecule has 3 aliphatic heterocycles. The molecular weight excluding hydrogens is 765 g/mol. The summed E-state index contributed by atoms with van der Waals surface area (Å²) >= 11 is 2.26. The Morgan fingerprint density at radius 2 is 1.71 bits per heavy atom. The van der Waals surface area contributed by atoms with Gasteiger partial charge in [0.05, 0.1) is 25.2 Å². The SMILES string of the molecule is COc1ccc(S(=O)(=O)N(CCO)CCO[C@@H]2C[C@H](c3ccc(I)cc3)C=C(C(=O)N3CCN(Cc4ccc5c(c4)OCO5)CC3)O2)cc1. The van der Waals surface area contributed by atoms with Gasteiger partial charge in [0.2, 0.25) is 23.1 Å². The molecule has 0 saturated carbocycles. The average Bonchev–Trinajstić information content (AvgIpc) is 3.59. The van der Waals surface area contributed by atoms with Crippen LogP contribution in [0.5, 0.6) is 17.2 Å². The highest BCUT2D eigenvalue weighted by molar-refractivity contribution is 14.1. The third-order valence-electron chi connectivity index (χ3n) is 8.76. The zero-order valence-corrected chi connectivity index (χ0v) is 30.2. The van der Waals surface area contributed by atoms with Crippen molar-refractivity contribution in [3.63, 3.8) is 0 Å². The lowest BCUT2D eigenvalue weighted by atomic mass is 9.93. The number of benzene rings is 3. The standard InChI is InChI=1S/C35H40IN3O9S/c1-44-29-7-9-30(10-8-29)49(42,43)39(16-18-40)17-19-45-34-22-27(26-3-5-28(36)6-4-26)21-33(48-34)35(41)38-14-12-37(13-15-38)23-25-2-11-31-32(20-25)47-24-46-31/h2-11,20-21,27,34,40H,12-19,22-24H2,1H3/t27-,34+/m1/s1. The molecule has 14 heteroatoms. The number of fused-ring (bicyclic) bond motifs is 1. The Balaban J connectivity index is 1.09. The molecule has 0 unspecified atom stereocenters. The van der Waals surface area contributed by atoms with E-state index in [2.05, 4.69) is 27.5 Å². The quantitative estimate of drug-likeness (QED) is 0.255. The summed E-state index contributed by atoms with van der Waals surface area (Å²) in [5.41, 5.74) is 2.15. The van der Waals surface area contributed by atoms with Crippen molar-refractivity contribution in [2.75, 3.05) is 66.4 Å². The monoisotopic (exact) mass is 805 g/mol. The van der Waals surface area contributed by atoms with Gasteiger partial charge in [-0.15, -0.1) is 0 Å². The molecule has 3 heterocycles. The Hall–Kier alpha value is -3.41. The first kappa shape index (κ1) is 35.4. The van der Waals surface area contributed by atoms with Crippen LogP contribution in [0.1, 0.15) is 23.5 Å². The number of carbonyl (C=O) groups excluding carboxylic acids is 1. The van der Waals surface area contributed by atoms with Crippen molar-refractivity contribution in [2.24, 2.45) is 0 Å². The highest BCUT2D eigenvalue weighted by atomic mass is 127. The molecule has 3 aromatic carbocycles. The summed E-state index contributed by atoms with van der Waals surface area (Å²) in [7, 11) is -2.40. The molecular formula is C35H40IN3O9S. The number of hydrogen-bond acceptors (Lipinski definition) is 10. The van der Waals surface area contributed by atoms with Crippen LogP contribution in [0.2, 0.25) is 0 Å². The molecule has 3 aromatic rings. The van der Waals surface area contributed by atoms with E-state index in [9.17, 15) is 18.3 Å². The number of sulfonamides is 1. The molecule has 0 radical (unpaired) electrons. The van der Waals surface area contributed by atoms with Crippen LogP contribution in [0.25, 0.3) is 0 Å². The third-order valence-corrected chi connectivity index (χ3v) is 11.4. The summed E-state index contributed by atoms with van der Waals surface area (Å²) in [5, 5.41) is 9.65. The molecule has 49 heavy (non-hydrogen) atoms. The van der Waals surface area contributed by atoms with Crippen molar-refractivity contribution >= 4 is 38.5 Å². The van der Waals surface area contributed by atoms with Gasteiger partial charge in [-0.25, -0.2) is 8.42 Å². The Morgan fingerprint density at radius 3 is 2.43 bits per heavy atom. The van der Waals surface area contributed by atoms with Gasteiger partial charge < -0.3 is 33.7 Å². The predicted molar refractivity (Wildman–Crippen MR) is 189 cm³/mol. The highest BCUT2D eigenvalue weighted by Gasteiger charge is 2.33.